The van der Waals surface area contributed by atoms with Crippen molar-refractivity contribution in [3.8, 4) is 5.75 Å². The van der Waals surface area contributed by atoms with E-state index in [1.165, 1.54) is 0 Å². The summed E-state index contributed by atoms with van der Waals surface area (Å²) >= 11 is 0. The minimum atomic E-state index is 0.701. The maximum atomic E-state index is 5.67. The molecular weight excluding hydrogens is 190 g/mol. The standard InChI is InChI=1S/C12H17NO2/c1-13(2)7-8-14-12-9-15-11-6-4-3-5-10(11)12/h5-6,9H,3-4,7-8H2,1-2H3. The first-order valence-corrected chi connectivity index (χ1v) is 5.33. The van der Waals surface area contributed by atoms with E-state index in [0.717, 1.165) is 35.8 Å². The Morgan fingerprint density at radius 1 is 1.33 bits per heavy atom. The molecule has 0 N–H and O–H groups in total. The molecule has 82 valence electrons. The largest absolute Gasteiger partial charge is 0.488 e. The zero-order valence-corrected chi connectivity index (χ0v) is 9.32. The van der Waals surface area contributed by atoms with Gasteiger partial charge in [-0.3, -0.25) is 0 Å². The second-order valence-corrected chi connectivity index (χ2v) is 4.02. The van der Waals surface area contributed by atoms with Crippen LogP contribution in [0.2, 0.25) is 0 Å². The molecule has 1 aliphatic rings. The molecular formula is C12H17NO2. The normalized spacial score (nSPS) is 14.3. The first-order valence-electron chi connectivity index (χ1n) is 5.33. The average Bonchev–Trinajstić information content (AvgIpc) is 2.62. The lowest BCUT2D eigenvalue weighted by molar-refractivity contribution is 0.258. The number of furan rings is 1. The van der Waals surface area contributed by atoms with Gasteiger partial charge in [-0.1, -0.05) is 6.08 Å². The summed E-state index contributed by atoms with van der Waals surface area (Å²) in [5.74, 6) is 0.878. The van der Waals surface area contributed by atoms with E-state index >= 15 is 0 Å². The quantitative estimate of drug-likeness (QED) is 0.722. The molecule has 1 aromatic rings. The van der Waals surface area contributed by atoms with Crippen molar-refractivity contribution in [3.05, 3.63) is 16.9 Å². The van der Waals surface area contributed by atoms with Crippen LogP contribution in [0.4, 0.5) is 0 Å². The van der Waals surface area contributed by atoms with Gasteiger partial charge in [-0.25, -0.2) is 0 Å². The molecule has 0 saturated carbocycles. The summed E-state index contributed by atoms with van der Waals surface area (Å²) < 4.78 is 11.1. The van der Waals surface area contributed by atoms with Crippen LogP contribution in [0.5, 0.6) is 5.75 Å². The number of rotatable bonds is 4. The van der Waals surface area contributed by atoms with Crippen LogP contribution >= 0.6 is 0 Å². The van der Waals surface area contributed by atoms with Crippen molar-refractivity contribution in [1.29, 1.82) is 0 Å². The van der Waals surface area contributed by atoms with Crippen molar-refractivity contribution >= 4 is 12.2 Å². The highest BCUT2D eigenvalue weighted by Gasteiger charge is 2.05. The molecule has 0 saturated heterocycles. The molecule has 1 heterocycles. The van der Waals surface area contributed by atoms with Crippen molar-refractivity contribution < 1.29 is 9.15 Å². The SMILES string of the molecule is CN(C)CCOc1coc2c1=CCCC=2. The molecule has 1 aliphatic carbocycles. The molecule has 0 aliphatic heterocycles. The molecule has 0 spiro atoms. The van der Waals surface area contributed by atoms with E-state index in [-0.39, 0.29) is 0 Å². The number of nitrogens with zero attached hydrogens (tertiary/aromatic N) is 1. The van der Waals surface area contributed by atoms with Crippen molar-refractivity contribution in [2.45, 2.75) is 12.8 Å². The first-order chi connectivity index (χ1) is 7.27. The lowest BCUT2D eigenvalue weighted by atomic mass is 10.2. The van der Waals surface area contributed by atoms with Gasteiger partial charge in [0.25, 0.3) is 0 Å². The number of ether oxygens (including phenoxy) is 1. The molecule has 1 aromatic heterocycles. The van der Waals surface area contributed by atoms with Crippen LogP contribution in [0.1, 0.15) is 12.8 Å². The second-order valence-electron chi connectivity index (χ2n) is 4.02. The fourth-order valence-corrected chi connectivity index (χ4v) is 1.62. The molecule has 0 atom stereocenters. The van der Waals surface area contributed by atoms with Gasteiger partial charge in [-0.2, -0.15) is 0 Å². The van der Waals surface area contributed by atoms with Crippen LogP contribution in [0, 0.1) is 0 Å². The van der Waals surface area contributed by atoms with Crippen molar-refractivity contribution in [2.24, 2.45) is 0 Å². The molecule has 3 nitrogen and oxygen atoms in total. The van der Waals surface area contributed by atoms with Gasteiger partial charge >= 0.3 is 0 Å². The van der Waals surface area contributed by atoms with Crippen LogP contribution in [-0.4, -0.2) is 32.1 Å². The Bertz CT molecular complexity index is 431. The lowest BCUT2D eigenvalue weighted by Crippen LogP contribution is -2.25. The molecule has 0 bridgehead atoms. The number of fused-ring (bicyclic) bond motifs is 1. The summed E-state index contributed by atoms with van der Waals surface area (Å²) in [7, 11) is 4.07. The van der Waals surface area contributed by atoms with Gasteiger partial charge in [0.1, 0.15) is 18.3 Å². The molecule has 2 rings (SSSR count). The van der Waals surface area contributed by atoms with Crippen LogP contribution in [-0.2, 0) is 0 Å². The Hall–Kier alpha value is -1.22. The monoisotopic (exact) mass is 207 g/mol. The van der Waals surface area contributed by atoms with E-state index in [4.69, 9.17) is 9.15 Å². The summed E-state index contributed by atoms with van der Waals surface area (Å²) in [4.78, 5) is 2.10. The van der Waals surface area contributed by atoms with E-state index in [1.807, 2.05) is 14.1 Å². The van der Waals surface area contributed by atoms with E-state index in [0.29, 0.717) is 6.61 Å². The summed E-state index contributed by atoms with van der Waals surface area (Å²) in [6.45, 7) is 1.62. The van der Waals surface area contributed by atoms with E-state index < -0.39 is 0 Å². The van der Waals surface area contributed by atoms with Crippen LogP contribution in [0.3, 0.4) is 0 Å². The third-order valence-electron chi connectivity index (χ3n) is 2.46. The van der Waals surface area contributed by atoms with Gasteiger partial charge in [0.15, 0.2) is 5.75 Å². The first kappa shape index (κ1) is 10.3. The molecule has 3 heteroatoms. The van der Waals surface area contributed by atoms with E-state index in [9.17, 15) is 0 Å². The summed E-state index contributed by atoms with van der Waals surface area (Å²) in [5, 5.41) is 1.13. The minimum Gasteiger partial charge on any atom is -0.488 e. The van der Waals surface area contributed by atoms with E-state index in [2.05, 4.69) is 17.1 Å². The second kappa shape index (κ2) is 4.53. The molecule has 15 heavy (non-hydrogen) atoms. The highest BCUT2D eigenvalue weighted by molar-refractivity contribution is 5.40. The summed E-state index contributed by atoms with van der Waals surface area (Å²) in [5.41, 5.74) is 0.959. The maximum absolute atomic E-state index is 5.67. The van der Waals surface area contributed by atoms with Gasteiger partial charge in [-0.15, -0.1) is 0 Å². The topological polar surface area (TPSA) is 25.6 Å². The number of hydrogen-bond acceptors (Lipinski definition) is 3. The molecule has 0 radical (unpaired) electrons. The molecule has 0 unspecified atom stereocenters. The van der Waals surface area contributed by atoms with Crippen molar-refractivity contribution in [1.82, 2.24) is 4.90 Å². The van der Waals surface area contributed by atoms with Gasteiger partial charge in [0, 0.05) is 6.54 Å². The van der Waals surface area contributed by atoms with Gasteiger partial charge in [0.05, 0.1) is 5.22 Å². The molecule has 0 amide bonds. The zero-order valence-electron chi connectivity index (χ0n) is 9.32. The van der Waals surface area contributed by atoms with Gasteiger partial charge in [-0.05, 0) is 33.0 Å². The van der Waals surface area contributed by atoms with Crippen LogP contribution < -0.4 is 15.4 Å². The third kappa shape index (κ3) is 2.42. The van der Waals surface area contributed by atoms with Gasteiger partial charge < -0.3 is 14.1 Å². The van der Waals surface area contributed by atoms with Crippen molar-refractivity contribution in [2.75, 3.05) is 27.2 Å². The highest BCUT2D eigenvalue weighted by Crippen LogP contribution is 2.05. The fourth-order valence-electron chi connectivity index (χ4n) is 1.62. The maximum Gasteiger partial charge on any atom is 0.165 e. The summed E-state index contributed by atoms with van der Waals surface area (Å²) in [6, 6.07) is 0. The molecule has 0 fully saturated rings. The molecule has 0 aromatic carbocycles. The average molecular weight is 207 g/mol. The highest BCUT2D eigenvalue weighted by atomic mass is 16.5. The third-order valence-corrected chi connectivity index (χ3v) is 2.46. The smallest absolute Gasteiger partial charge is 0.165 e. The van der Waals surface area contributed by atoms with Crippen molar-refractivity contribution in [3.63, 3.8) is 0 Å². The Morgan fingerprint density at radius 3 is 2.93 bits per heavy atom. The number of likely N-dealkylation sites (N-methyl/N-ethyl adjacent to an activating group) is 1. The van der Waals surface area contributed by atoms with Crippen LogP contribution in [0.25, 0.3) is 12.2 Å². The van der Waals surface area contributed by atoms with Crippen LogP contribution in [0.15, 0.2) is 10.7 Å². The Kier molecular flexibility index (Phi) is 3.11. The fraction of sp³-hybridized carbons (Fsp3) is 0.500. The summed E-state index contributed by atoms with van der Waals surface area (Å²) in [6.07, 6.45) is 8.16. The van der Waals surface area contributed by atoms with E-state index in [1.54, 1.807) is 6.26 Å². The lowest BCUT2D eigenvalue weighted by Gasteiger charge is -2.09. The zero-order chi connectivity index (χ0) is 10.7. The predicted molar refractivity (Wildman–Crippen MR) is 60.2 cm³/mol. The number of hydrogen-bond donors (Lipinski definition) is 0. The minimum absolute atomic E-state index is 0.701. The predicted octanol–water partition coefficient (Wildman–Crippen LogP) is 0.575. The van der Waals surface area contributed by atoms with Gasteiger partial charge in [0.2, 0.25) is 0 Å². The Morgan fingerprint density at radius 2 is 2.13 bits per heavy atom. The Labute approximate surface area is 89.6 Å². The Balaban J connectivity index is 2.07.